The van der Waals surface area contributed by atoms with Crippen molar-refractivity contribution in [3.8, 4) is 0 Å². The number of hydrogen-bond acceptors (Lipinski definition) is 15. The number of unbranched alkanes of at least 4 members (excludes halogenated alkanes) is 36. The van der Waals surface area contributed by atoms with Gasteiger partial charge in [0.05, 0.1) is 26.4 Å². The number of carbonyl (C=O) groups is 4. The molecule has 0 aliphatic rings. The molecule has 2 unspecified atom stereocenters. The van der Waals surface area contributed by atoms with Crippen molar-refractivity contribution in [3.63, 3.8) is 0 Å². The lowest BCUT2D eigenvalue weighted by atomic mass is 10.0. The number of aliphatic hydroxyl groups is 1. The predicted octanol–water partition coefficient (Wildman–Crippen LogP) is 22.4. The van der Waals surface area contributed by atoms with Crippen molar-refractivity contribution in [2.45, 2.75) is 367 Å². The Morgan fingerprint density at radius 2 is 0.520 bits per heavy atom. The molecule has 0 bridgehead atoms. The van der Waals surface area contributed by atoms with Gasteiger partial charge in [-0.2, -0.15) is 0 Å². The lowest BCUT2D eigenvalue weighted by Gasteiger charge is -2.21. The zero-order valence-electron chi connectivity index (χ0n) is 62.2. The molecular formula is C79H142O17P2. The Labute approximate surface area is 596 Å². The van der Waals surface area contributed by atoms with E-state index in [1.54, 1.807) is 0 Å². The number of phosphoric acid groups is 2. The SMILES string of the molecule is CCCCC/C=C\C/C=C\C/C=C\C/C=C\C/C=C\CCC(=O)O[C@H](COC(=O)CCCCCCC/C=C\CCCCCC)COP(=O)(O)OC[C@@H](O)COP(=O)(O)OC[C@@H](COC(=O)CCCCCCCCCCCCCCC)OC(=O)CCCCCCCCCCCCCCC. The molecule has 0 saturated carbocycles. The van der Waals surface area contributed by atoms with Gasteiger partial charge in [0, 0.05) is 25.7 Å². The minimum atomic E-state index is -4.99. The molecule has 0 heterocycles. The summed E-state index contributed by atoms with van der Waals surface area (Å²) >= 11 is 0. The molecule has 0 aromatic heterocycles. The molecule has 19 heteroatoms. The second-order valence-electron chi connectivity index (χ2n) is 26.3. The van der Waals surface area contributed by atoms with E-state index in [9.17, 15) is 43.2 Å². The molecule has 17 nitrogen and oxygen atoms in total. The first-order chi connectivity index (χ1) is 47.7. The van der Waals surface area contributed by atoms with Crippen LogP contribution < -0.4 is 0 Å². The van der Waals surface area contributed by atoms with Gasteiger partial charge in [0.1, 0.15) is 19.3 Å². The molecule has 0 aliphatic carbocycles. The van der Waals surface area contributed by atoms with Crippen LogP contribution in [0, 0.1) is 0 Å². The molecule has 3 N–H and O–H groups in total. The predicted molar refractivity (Wildman–Crippen MR) is 400 cm³/mol. The number of carbonyl (C=O) groups excluding carboxylic acids is 4. The Bertz CT molecular complexity index is 2140. The molecule has 0 spiro atoms. The van der Waals surface area contributed by atoms with E-state index in [0.717, 1.165) is 109 Å². The van der Waals surface area contributed by atoms with Crippen LogP contribution in [0.3, 0.4) is 0 Å². The Morgan fingerprint density at radius 3 is 0.867 bits per heavy atom. The fourth-order valence-corrected chi connectivity index (χ4v) is 12.2. The first kappa shape index (κ1) is 94.5. The monoisotopic (exact) mass is 1420 g/mol. The molecule has 0 aromatic rings. The van der Waals surface area contributed by atoms with Gasteiger partial charge in [0.15, 0.2) is 12.2 Å². The second kappa shape index (κ2) is 71.9. The highest BCUT2D eigenvalue weighted by atomic mass is 31.2. The van der Waals surface area contributed by atoms with E-state index in [1.807, 2.05) is 18.2 Å². The maximum absolute atomic E-state index is 13.1. The van der Waals surface area contributed by atoms with Crippen molar-refractivity contribution < 1.29 is 80.2 Å². The summed E-state index contributed by atoms with van der Waals surface area (Å²) in [4.78, 5) is 72.8. The maximum Gasteiger partial charge on any atom is 0.472 e. The average molecular weight is 1430 g/mol. The highest BCUT2D eigenvalue weighted by Crippen LogP contribution is 2.45. The van der Waals surface area contributed by atoms with Crippen LogP contribution in [0.25, 0.3) is 0 Å². The summed E-state index contributed by atoms with van der Waals surface area (Å²) < 4.78 is 68.4. The molecule has 0 aromatic carbocycles. The molecule has 5 atom stereocenters. The number of phosphoric ester groups is 2. The highest BCUT2D eigenvalue weighted by molar-refractivity contribution is 7.47. The number of ether oxygens (including phenoxy) is 4. The minimum absolute atomic E-state index is 0.0272. The molecular weight excluding hydrogens is 1280 g/mol. The number of hydrogen-bond donors (Lipinski definition) is 3. The number of esters is 4. The van der Waals surface area contributed by atoms with Crippen molar-refractivity contribution in [3.05, 3.63) is 72.9 Å². The fraction of sp³-hybridized carbons (Fsp3) is 0.797. The Kier molecular flexibility index (Phi) is 69.3. The second-order valence-corrected chi connectivity index (χ2v) is 29.2. The van der Waals surface area contributed by atoms with Crippen LogP contribution in [0.1, 0.15) is 349 Å². The van der Waals surface area contributed by atoms with Crippen LogP contribution in [0.15, 0.2) is 72.9 Å². The van der Waals surface area contributed by atoms with Crippen LogP contribution >= 0.6 is 15.6 Å². The van der Waals surface area contributed by atoms with Crippen molar-refractivity contribution in [1.29, 1.82) is 0 Å². The van der Waals surface area contributed by atoms with Crippen LogP contribution in [0.2, 0.25) is 0 Å². The van der Waals surface area contributed by atoms with Crippen molar-refractivity contribution in [2.75, 3.05) is 39.6 Å². The Hall–Kier alpha value is -3.50. The third kappa shape index (κ3) is 70.9. The first-order valence-electron chi connectivity index (χ1n) is 39.2. The topological polar surface area (TPSA) is 237 Å². The molecule has 98 heavy (non-hydrogen) atoms. The fourth-order valence-electron chi connectivity index (χ4n) is 10.7. The molecule has 0 saturated heterocycles. The van der Waals surface area contributed by atoms with E-state index in [4.69, 9.17) is 37.0 Å². The van der Waals surface area contributed by atoms with Crippen LogP contribution in [-0.2, 0) is 65.4 Å². The van der Waals surface area contributed by atoms with Crippen LogP contribution in [0.5, 0.6) is 0 Å². The summed E-state index contributed by atoms with van der Waals surface area (Å²) in [5, 5.41) is 10.6. The van der Waals surface area contributed by atoms with E-state index < -0.39 is 97.5 Å². The molecule has 570 valence electrons. The molecule has 0 amide bonds. The lowest BCUT2D eigenvalue weighted by molar-refractivity contribution is -0.161. The van der Waals surface area contributed by atoms with Gasteiger partial charge < -0.3 is 33.8 Å². The largest absolute Gasteiger partial charge is 0.472 e. The summed E-state index contributed by atoms with van der Waals surface area (Å²) in [5.74, 6) is -2.25. The van der Waals surface area contributed by atoms with E-state index in [0.29, 0.717) is 32.1 Å². The van der Waals surface area contributed by atoms with Gasteiger partial charge in [0.25, 0.3) is 0 Å². The standard InChI is InChI=1S/C79H142O17P2/c1-5-9-13-17-21-25-29-33-34-35-36-37-38-42-46-50-54-58-62-66-79(84)96-75(70-90-77(82)64-60-56-52-48-44-40-31-27-23-19-15-11-7-3)72-94-98(87,88)92-68-73(80)67-91-97(85,86)93-71-74(95-78(83)65-61-57-53-49-45-41-32-28-24-20-16-12-8-4)69-89-76(81)63-59-55-51-47-43-39-30-26-22-18-14-10-6-2/h21,25,27,31,33-34,36-37,42,46,54,58,73-75,80H,5-20,22-24,26,28-30,32,35,38-41,43-45,47-53,55-57,59-72H2,1-4H3,(H,85,86)(H,87,88)/b25-21-,31-27-,34-33-,37-36-,46-42-,58-54-/t73-,74+,75+/m0/s1. The summed E-state index contributed by atoms with van der Waals surface area (Å²) in [6.45, 7) is 4.79. The first-order valence-corrected chi connectivity index (χ1v) is 42.2. The average Bonchev–Trinajstić information content (AvgIpc) is 0.982. The number of aliphatic hydroxyl groups excluding tert-OH is 1. The lowest BCUT2D eigenvalue weighted by Crippen LogP contribution is -2.30. The molecule has 0 fully saturated rings. The minimum Gasteiger partial charge on any atom is -0.462 e. The molecule has 0 radical (unpaired) electrons. The van der Waals surface area contributed by atoms with Gasteiger partial charge in [-0.15, -0.1) is 0 Å². The zero-order valence-corrected chi connectivity index (χ0v) is 64.0. The van der Waals surface area contributed by atoms with Gasteiger partial charge in [-0.3, -0.25) is 37.3 Å². The zero-order chi connectivity index (χ0) is 71.8. The number of rotatable bonds is 74. The van der Waals surface area contributed by atoms with Crippen LogP contribution in [0.4, 0.5) is 0 Å². The normalized spacial score (nSPS) is 14.3. The van der Waals surface area contributed by atoms with Gasteiger partial charge in [-0.1, -0.05) is 306 Å². The van der Waals surface area contributed by atoms with Crippen molar-refractivity contribution >= 4 is 39.5 Å². The van der Waals surface area contributed by atoms with E-state index >= 15 is 0 Å². The van der Waals surface area contributed by atoms with E-state index in [2.05, 4.69) is 82.4 Å². The third-order valence-electron chi connectivity index (χ3n) is 16.7. The van der Waals surface area contributed by atoms with Gasteiger partial charge in [-0.05, 0) is 89.9 Å². The van der Waals surface area contributed by atoms with Crippen molar-refractivity contribution in [1.82, 2.24) is 0 Å². The summed E-state index contributed by atoms with van der Waals surface area (Å²) in [6.07, 6.45) is 71.9. The quantitative estimate of drug-likeness (QED) is 0.0169. The summed E-state index contributed by atoms with van der Waals surface area (Å²) in [7, 11) is -9.96. The summed E-state index contributed by atoms with van der Waals surface area (Å²) in [6, 6.07) is 0. The van der Waals surface area contributed by atoms with Crippen molar-refractivity contribution in [2.24, 2.45) is 0 Å². The smallest absolute Gasteiger partial charge is 0.462 e. The third-order valence-corrected chi connectivity index (χ3v) is 18.6. The van der Waals surface area contributed by atoms with E-state index in [-0.39, 0.29) is 25.7 Å². The molecule has 0 aliphatic heterocycles. The van der Waals surface area contributed by atoms with Gasteiger partial charge in [-0.25, -0.2) is 9.13 Å². The maximum atomic E-state index is 13.1. The van der Waals surface area contributed by atoms with Crippen LogP contribution in [-0.4, -0.2) is 96.7 Å². The Balaban J connectivity index is 5.38. The van der Waals surface area contributed by atoms with Gasteiger partial charge in [0.2, 0.25) is 0 Å². The molecule has 0 rings (SSSR count). The van der Waals surface area contributed by atoms with Gasteiger partial charge >= 0.3 is 39.5 Å². The Morgan fingerprint density at radius 1 is 0.286 bits per heavy atom. The highest BCUT2D eigenvalue weighted by Gasteiger charge is 2.30. The van der Waals surface area contributed by atoms with E-state index in [1.165, 1.54) is 154 Å². The summed E-state index contributed by atoms with van der Waals surface area (Å²) in [5.41, 5.74) is 0. The number of allylic oxidation sites excluding steroid dienone is 12.